The fraction of sp³-hybridized carbons (Fsp3) is 0.102. The molecular formula is C49H38O2. The van der Waals surface area contributed by atoms with Gasteiger partial charge in [0.05, 0.1) is 0 Å². The first-order chi connectivity index (χ1) is 25.2. The molecule has 1 aliphatic rings. The van der Waals surface area contributed by atoms with Crippen LogP contribution >= 0.6 is 0 Å². The van der Waals surface area contributed by atoms with Gasteiger partial charge in [-0.2, -0.15) is 0 Å². The van der Waals surface area contributed by atoms with E-state index in [0.717, 1.165) is 22.3 Å². The van der Waals surface area contributed by atoms with Crippen molar-refractivity contribution >= 4 is 21.5 Å². The van der Waals surface area contributed by atoms with E-state index in [4.69, 9.17) is 0 Å². The number of fused-ring (bicyclic) bond motifs is 5. The molecule has 0 saturated carbocycles. The number of aliphatic hydroxyl groups is 2. The van der Waals surface area contributed by atoms with Gasteiger partial charge in [0.15, 0.2) is 0 Å². The van der Waals surface area contributed by atoms with Crippen molar-refractivity contribution in [2.75, 3.05) is 13.2 Å². The molecule has 51 heavy (non-hydrogen) atoms. The maximum Gasteiger partial charge on any atom is 0.0442 e. The Bertz CT molecular complexity index is 2390. The van der Waals surface area contributed by atoms with Gasteiger partial charge in [-0.05, 0) is 125 Å². The SMILES string of the molecule is OCCC1(CCO)c2cc(-c3cccc(-c4cccc5ccccc45)c3)ccc2-c2ccc(-c3cccc(-c4cccc5ccccc45)c3)cc21. The van der Waals surface area contributed by atoms with Gasteiger partial charge in [-0.15, -0.1) is 0 Å². The molecule has 0 aliphatic heterocycles. The van der Waals surface area contributed by atoms with E-state index in [2.05, 4.69) is 170 Å². The van der Waals surface area contributed by atoms with E-state index in [9.17, 15) is 10.2 Å². The van der Waals surface area contributed by atoms with Crippen LogP contribution < -0.4 is 0 Å². The second kappa shape index (κ2) is 12.8. The molecule has 0 saturated heterocycles. The summed E-state index contributed by atoms with van der Waals surface area (Å²) in [7, 11) is 0. The lowest BCUT2D eigenvalue weighted by atomic mass is 9.72. The molecule has 8 aromatic carbocycles. The molecule has 0 radical (unpaired) electrons. The molecule has 0 aromatic heterocycles. The zero-order chi connectivity index (χ0) is 34.4. The zero-order valence-corrected chi connectivity index (χ0v) is 28.4. The summed E-state index contributed by atoms with van der Waals surface area (Å²) in [6.45, 7) is 0.0565. The van der Waals surface area contributed by atoms with Crippen LogP contribution in [0.25, 0.3) is 77.2 Å². The Morgan fingerprint density at radius 2 is 0.725 bits per heavy atom. The summed E-state index contributed by atoms with van der Waals surface area (Å²) >= 11 is 0. The second-order valence-corrected chi connectivity index (χ2v) is 13.8. The lowest BCUT2D eigenvalue weighted by Crippen LogP contribution is -2.28. The van der Waals surface area contributed by atoms with E-state index in [0.29, 0.717) is 12.8 Å². The Morgan fingerprint density at radius 1 is 0.333 bits per heavy atom. The van der Waals surface area contributed by atoms with E-state index >= 15 is 0 Å². The third kappa shape index (κ3) is 5.27. The van der Waals surface area contributed by atoms with Crippen LogP contribution in [-0.4, -0.2) is 23.4 Å². The molecule has 8 aromatic rings. The van der Waals surface area contributed by atoms with Gasteiger partial charge < -0.3 is 10.2 Å². The lowest BCUT2D eigenvalue weighted by Gasteiger charge is -2.31. The van der Waals surface area contributed by atoms with Crippen molar-refractivity contribution in [3.8, 4) is 55.6 Å². The van der Waals surface area contributed by atoms with Crippen LogP contribution in [0.3, 0.4) is 0 Å². The van der Waals surface area contributed by atoms with Crippen molar-refractivity contribution in [2.24, 2.45) is 0 Å². The van der Waals surface area contributed by atoms with Crippen molar-refractivity contribution in [1.82, 2.24) is 0 Å². The predicted molar refractivity (Wildman–Crippen MR) is 213 cm³/mol. The Kier molecular flexibility index (Phi) is 7.85. The molecule has 0 atom stereocenters. The molecule has 0 unspecified atom stereocenters. The molecule has 0 bridgehead atoms. The summed E-state index contributed by atoms with van der Waals surface area (Å²) in [6.07, 6.45) is 1.07. The van der Waals surface area contributed by atoms with E-state index < -0.39 is 5.41 Å². The molecule has 0 fully saturated rings. The van der Waals surface area contributed by atoms with Gasteiger partial charge in [0, 0.05) is 18.6 Å². The van der Waals surface area contributed by atoms with Crippen molar-refractivity contribution in [1.29, 1.82) is 0 Å². The molecule has 0 heterocycles. The van der Waals surface area contributed by atoms with Crippen LogP contribution in [0.2, 0.25) is 0 Å². The van der Waals surface area contributed by atoms with Gasteiger partial charge in [0.2, 0.25) is 0 Å². The van der Waals surface area contributed by atoms with E-state index in [-0.39, 0.29) is 13.2 Å². The van der Waals surface area contributed by atoms with Crippen LogP contribution in [0.5, 0.6) is 0 Å². The maximum absolute atomic E-state index is 10.6. The van der Waals surface area contributed by atoms with Crippen molar-refractivity contribution in [3.63, 3.8) is 0 Å². The minimum Gasteiger partial charge on any atom is -0.396 e. The zero-order valence-electron chi connectivity index (χ0n) is 28.4. The lowest BCUT2D eigenvalue weighted by molar-refractivity contribution is 0.213. The van der Waals surface area contributed by atoms with Gasteiger partial charge in [-0.3, -0.25) is 0 Å². The molecule has 9 rings (SSSR count). The summed E-state index contributed by atoms with van der Waals surface area (Å²) in [5, 5.41) is 26.1. The van der Waals surface area contributed by atoms with E-state index in [1.807, 2.05) is 0 Å². The quantitative estimate of drug-likeness (QED) is 0.171. The molecule has 0 amide bonds. The Labute approximate surface area is 298 Å². The summed E-state index contributed by atoms with van der Waals surface area (Å²) in [6, 6.07) is 61.2. The largest absolute Gasteiger partial charge is 0.396 e. The third-order valence-electron chi connectivity index (χ3n) is 11.0. The van der Waals surface area contributed by atoms with Gasteiger partial charge in [0.1, 0.15) is 0 Å². The molecule has 2 heteroatoms. The van der Waals surface area contributed by atoms with Gasteiger partial charge >= 0.3 is 0 Å². The fourth-order valence-corrected chi connectivity index (χ4v) is 8.59. The smallest absolute Gasteiger partial charge is 0.0442 e. The first-order valence-electron chi connectivity index (χ1n) is 17.9. The van der Waals surface area contributed by atoms with Crippen LogP contribution in [0, 0.1) is 0 Å². The van der Waals surface area contributed by atoms with E-state index in [1.165, 1.54) is 66.1 Å². The molecular weight excluding hydrogens is 621 g/mol. The number of hydrogen-bond acceptors (Lipinski definition) is 2. The minimum atomic E-state index is -0.513. The summed E-state index contributed by atoms with van der Waals surface area (Å²) < 4.78 is 0. The standard InChI is InChI=1S/C49H38O2/c50-27-25-49(26-28-51)47-31-37(35-13-5-15-39(29-35)43-19-7-11-33-9-1-3-17-41(33)43)21-23-45(47)46-24-22-38(32-48(46)49)36-14-6-16-40(30-36)44-20-8-12-34-10-2-4-18-42(34)44/h1-24,29-32,50-51H,25-28H2. The highest BCUT2D eigenvalue weighted by molar-refractivity contribution is 5.98. The highest BCUT2D eigenvalue weighted by Gasteiger charge is 2.42. The maximum atomic E-state index is 10.6. The monoisotopic (exact) mass is 658 g/mol. The average Bonchev–Trinajstić information content (AvgIpc) is 3.45. The van der Waals surface area contributed by atoms with Gasteiger partial charge in [-0.1, -0.05) is 146 Å². The molecule has 2 N–H and O–H groups in total. The Morgan fingerprint density at radius 3 is 1.20 bits per heavy atom. The van der Waals surface area contributed by atoms with Crippen LogP contribution in [0.4, 0.5) is 0 Å². The first kappa shape index (κ1) is 31.2. The Hall–Kier alpha value is -5.80. The number of benzene rings is 8. The van der Waals surface area contributed by atoms with Gasteiger partial charge in [0.25, 0.3) is 0 Å². The summed E-state index contributed by atoms with van der Waals surface area (Å²) in [5.41, 5.74) is 13.5. The minimum absolute atomic E-state index is 0.0282. The summed E-state index contributed by atoms with van der Waals surface area (Å²) in [4.78, 5) is 0. The van der Waals surface area contributed by atoms with Crippen LogP contribution in [0.15, 0.2) is 170 Å². The average molecular weight is 659 g/mol. The van der Waals surface area contributed by atoms with E-state index in [1.54, 1.807) is 0 Å². The third-order valence-corrected chi connectivity index (χ3v) is 11.0. The molecule has 2 nitrogen and oxygen atoms in total. The topological polar surface area (TPSA) is 40.5 Å². The number of hydrogen-bond donors (Lipinski definition) is 2. The predicted octanol–water partition coefficient (Wildman–Crippen LogP) is 11.7. The summed E-state index contributed by atoms with van der Waals surface area (Å²) in [5.74, 6) is 0. The van der Waals surface area contributed by atoms with Crippen molar-refractivity contribution < 1.29 is 10.2 Å². The highest BCUT2D eigenvalue weighted by Crippen LogP contribution is 2.54. The fourth-order valence-electron chi connectivity index (χ4n) is 8.59. The van der Waals surface area contributed by atoms with Gasteiger partial charge in [-0.25, -0.2) is 0 Å². The molecule has 246 valence electrons. The van der Waals surface area contributed by atoms with Crippen LogP contribution in [-0.2, 0) is 5.41 Å². The normalized spacial score (nSPS) is 13.0. The highest BCUT2D eigenvalue weighted by atomic mass is 16.3. The second-order valence-electron chi connectivity index (χ2n) is 13.8. The molecule has 0 spiro atoms. The van der Waals surface area contributed by atoms with Crippen molar-refractivity contribution in [3.05, 3.63) is 181 Å². The Balaban J connectivity index is 1.14. The van der Waals surface area contributed by atoms with Crippen molar-refractivity contribution in [2.45, 2.75) is 18.3 Å². The molecule has 1 aliphatic carbocycles. The number of rotatable bonds is 8. The number of aliphatic hydroxyl groups excluding tert-OH is 2. The first-order valence-corrected chi connectivity index (χ1v) is 17.9. The van der Waals surface area contributed by atoms with Crippen LogP contribution in [0.1, 0.15) is 24.0 Å².